The van der Waals surface area contributed by atoms with Crippen LogP contribution in [0.25, 0.3) is 5.70 Å². The smallest absolute Gasteiger partial charge is 0.436 e. The number of rotatable bonds is 3. The number of carbonyl (C=O) groups excluding carboxylic acids is 1. The molecule has 4 rings (SSSR count). The zero-order chi connectivity index (χ0) is 20.1. The minimum Gasteiger partial charge on any atom is -0.436 e. The molecule has 1 aromatic heterocycles. The fourth-order valence-electron chi connectivity index (χ4n) is 2.75. The first kappa shape index (κ1) is 18.2. The molecule has 2 aliphatic heterocycles. The van der Waals surface area contributed by atoms with Crippen LogP contribution in [0.2, 0.25) is 5.02 Å². The van der Waals surface area contributed by atoms with Crippen LogP contribution in [0, 0.1) is 13.8 Å². The largest absolute Gasteiger partial charge is 0.586 e. The van der Waals surface area contributed by atoms with Gasteiger partial charge in [0.1, 0.15) is 6.17 Å². The number of alkyl halides is 2. The Hall–Kier alpha value is -3.14. The minimum atomic E-state index is -3.74. The number of benzene rings is 1. The maximum Gasteiger partial charge on any atom is 0.586 e. The standard InChI is InChI=1S/C17H13ClF2N4O4/c1-7-15(26-8(2)23-7)16(25)24-14-6-21-11(5-22-14)9-3-12-13(4-10(9)18)28-17(19,20)27-12/h3-6,14,22H,1-2H3,(H,24,25). The van der Waals surface area contributed by atoms with Crippen molar-refractivity contribution in [2.45, 2.75) is 26.3 Å². The fourth-order valence-corrected chi connectivity index (χ4v) is 3.00. The Labute approximate surface area is 162 Å². The molecule has 0 aliphatic carbocycles. The van der Waals surface area contributed by atoms with E-state index in [4.69, 9.17) is 16.0 Å². The van der Waals surface area contributed by atoms with Crippen molar-refractivity contribution in [1.29, 1.82) is 0 Å². The third-order valence-electron chi connectivity index (χ3n) is 3.93. The lowest BCUT2D eigenvalue weighted by Crippen LogP contribution is -2.45. The number of fused-ring (bicyclic) bond motifs is 1. The number of nitrogens with one attached hydrogen (secondary N) is 2. The highest BCUT2D eigenvalue weighted by molar-refractivity contribution is 6.32. The number of halogens is 3. The van der Waals surface area contributed by atoms with E-state index in [0.29, 0.717) is 22.8 Å². The third kappa shape index (κ3) is 3.38. The first-order valence-electron chi connectivity index (χ1n) is 8.07. The van der Waals surface area contributed by atoms with Crippen LogP contribution in [-0.4, -0.2) is 29.6 Å². The van der Waals surface area contributed by atoms with Crippen molar-refractivity contribution >= 4 is 29.4 Å². The molecule has 1 unspecified atom stereocenters. The van der Waals surface area contributed by atoms with Gasteiger partial charge in [-0.15, -0.1) is 8.78 Å². The van der Waals surface area contributed by atoms with Gasteiger partial charge in [-0.3, -0.25) is 9.79 Å². The Bertz CT molecular complexity index is 1030. The third-order valence-corrected chi connectivity index (χ3v) is 4.24. The predicted octanol–water partition coefficient (Wildman–Crippen LogP) is 2.99. The summed E-state index contributed by atoms with van der Waals surface area (Å²) in [6.45, 7) is 3.31. The van der Waals surface area contributed by atoms with Gasteiger partial charge in [0.2, 0.25) is 5.76 Å². The Morgan fingerprint density at radius 2 is 2.00 bits per heavy atom. The molecule has 0 fully saturated rings. The molecule has 1 amide bonds. The number of nitrogens with zero attached hydrogens (tertiary/aromatic N) is 2. The molecule has 2 N–H and O–H groups in total. The zero-order valence-corrected chi connectivity index (χ0v) is 15.3. The summed E-state index contributed by atoms with van der Waals surface area (Å²) in [6.07, 6.45) is -1.43. The second-order valence-electron chi connectivity index (χ2n) is 6.02. The number of ether oxygens (including phenoxy) is 2. The molecule has 0 saturated heterocycles. The molecule has 1 aromatic carbocycles. The highest BCUT2D eigenvalue weighted by Crippen LogP contribution is 2.45. The summed E-state index contributed by atoms with van der Waals surface area (Å²) < 4.78 is 40.4. The second-order valence-corrected chi connectivity index (χ2v) is 6.43. The number of amides is 1. The summed E-state index contributed by atoms with van der Waals surface area (Å²) in [7, 11) is 0. The summed E-state index contributed by atoms with van der Waals surface area (Å²) in [6, 6.07) is 2.54. The van der Waals surface area contributed by atoms with Gasteiger partial charge in [-0.1, -0.05) is 11.6 Å². The Morgan fingerprint density at radius 1 is 1.29 bits per heavy atom. The zero-order valence-electron chi connectivity index (χ0n) is 14.5. The summed E-state index contributed by atoms with van der Waals surface area (Å²) in [5.41, 5.74) is 1.20. The van der Waals surface area contributed by atoms with Gasteiger partial charge in [0.15, 0.2) is 17.4 Å². The van der Waals surface area contributed by atoms with Crippen LogP contribution in [0.4, 0.5) is 8.78 Å². The molecule has 11 heteroatoms. The first-order valence-corrected chi connectivity index (χ1v) is 8.45. The molecule has 0 saturated carbocycles. The summed E-state index contributed by atoms with van der Waals surface area (Å²) in [4.78, 5) is 20.5. The number of aryl methyl sites for hydroxylation is 2. The van der Waals surface area contributed by atoms with E-state index >= 15 is 0 Å². The number of carbonyl (C=O) groups is 1. The van der Waals surface area contributed by atoms with E-state index in [0.717, 1.165) is 0 Å². The number of aromatic nitrogens is 1. The molecular weight excluding hydrogens is 398 g/mol. The highest BCUT2D eigenvalue weighted by Gasteiger charge is 2.44. The monoisotopic (exact) mass is 410 g/mol. The van der Waals surface area contributed by atoms with E-state index in [-0.39, 0.29) is 22.3 Å². The molecule has 28 heavy (non-hydrogen) atoms. The molecule has 3 heterocycles. The van der Waals surface area contributed by atoms with Crippen molar-refractivity contribution in [3.63, 3.8) is 0 Å². The van der Waals surface area contributed by atoms with E-state index in [9.17, 15) is 13.6 Å². The van der Waals surface area contributed by atoms with Gasteiger partial charge in [-0.25, -0.2) is 4.98 Å². The number of oxazole rings is 1. The minimum absolute atomic E-state index is 0.113. The van der Waals surface area contributed by atoms with Crippen molar-refractivity contribution in [3.05, 3.63) is 46.3 Å². The molecule has 146 valence electrons. The maximum atomic E-state index is 13.2. The topological polar surface area (TPSA) is 98.0 Å². The normalized spacial score (nSPS) is 19.2. The lowest BCUT2D eigenvalue weighted by molar-refractivity contribution is -0.286. The molecule has 0 bridgehead atoms. The van der Waals surface area contributed by atoms with Crippen molar-refractivity contribution in [1.82, 2.24) is 15.6 Å². The Kier molecular flexibility index (Phi) is 4.22. The Balaban J connectivity index is 1.48. The quantitative estimate of drug-likeness (QED) is 0.807. The predicted molar refractivity (Wildman–Crippen MR) is 94.5 cm³/mol. The molecule has 0 radical (unpaired) electrons. The molecule has 2 aromatic rings. The average Bonchev–Trinajstić information content (AvgIpc) is 3.11. The van der Waals surface area contributed by atoms with Crippen molar-refractivity contribution < 1.29 is 27.5 Å². The Morgan fingerprint density at radius 3 is 2.61 bits per heavy atom. The van der Waals surface area contributed by atoms with E-state index in [1.54, 1.807) is 13.8 Å². The number of hydrogen-bond donors (Lipinski definition) is 2. The van der Waals surface area contributed by atoms with E-state index < -0.39 is 18.4 Å². The fraction of sp³-hybridized carbons (Fsp3) is 0.235. The lowest BCUT2D eigenvalue weighted by Gasteiger charge is -2.19. The van der Waals surface area contributed by atoms with Crippen LogP contribution in [0.1, 0.15) is 27.7 Å². The summed E-state index contributed by atoms with van der Waals surface area (Å²) >= 11 is 6.14. The van der Waals surface area contributed by atoms with Crippen molar-refractivity contribution in [3.8, 4) is 11.5 Å². The van der Waals surface area contributed by atoms with Crippen LogP contribution < -0.4 is 20.1 Å². The van der Waals surface area contributed by atoms with E-state index in [2.05, 4.69) is 30.1 Å². The van der Waals surface area contributed by atoms with Gasteiger partial charge in [-0.05, 0) is 13.0 Å². The molecule has 0 spiro atoms. The van der Waals surface area contributed by atoms with Crippen molar-refractivity contribution in [2.75, 3.05) is 0 Å². The molecule has 8 nitrogen and oxygen atoms in total. The van der Waals surface area contributed by atoms with Crippen LogP contribution >= 0.6 is 11.6 Å². The average molecular weight is 411 g/mol. The molecular formula is C17H13ClF2N4O4. The van der Waals surface area contributed by atoms with Gasteiger partial charge >= 0.3 is 6.29 Å². The summed E-state index contributed by atoms with van der Waals surface area (Å²) in [5.74, 6) is -0.260. The van der Waals surface area contributed by atoms with Gasteiger partial charge in [-0.2, -0.15) is 0 Å². The highest BCUT2D eigenvalue weighted by atomic mass is 35.5. The second kappa shape index (κ2) is 6.48. The van der Waals surface area contributed by atoms with E-state index in [1.165, 1.54) is 24.5 Å². The summed E-state index contributed by atoms with van der Waals surface area (Å²) in [5, 5.41) is 5.75. The maximum absolute atomic E-state index is 13.2. The number of aliphatic imine (C=N–C) groups is 1. The van der Waals surface area contributed by atoms with E-state index in [1.807, 2.05) is 0 Å². The molecule has 2 aliphatic rings. The van der Waals surface area contributed by atoms with Crippen LogP contribution in [0.5, 0.6) is 11.5 Å². The van der Waals surface area contributed by atoms with Crippen molar-refractivity contribution in [2.24, 2.45) is 4.99 Å². The molecule has 1 atom stereocenters. The van der Waals surface area contributed by atoms with Gasteiger partial charge in [0.25, 0.3) is 5.91 Å². The first-order chi connectivity index (χ1) is 13.2. The SMILES string of the molecule is Cc1nc(C)c(C(=O)NC2C=NC(c3cc4c(cc3Cl)OC(F)(F)O4)=CN2)o1. The van der Waals surface area contributed by atoms with Crippen LogP contribution in [-0.2, 0) is 0 Å². The number of hydrogen-bond acceptors (Lipinski definition) is 7. The van der Waals surface area contributed by atoms with Crippen LogP contribution in [0.3, 0.4) is 0 Å². The van der Waals surface area contributed by atoms with Gasteiger partial charge in [0.05, 0.1) is 16.4 Å². The van der Waals surface area contributed by atoms with Gasteiger partial charge < -0.3 is 24.5 Å². The van der Waals surface area contributed by atoms with Gasteiger partial charge in [0, 0.05) is 31.0 Å². The van der Waals surface area contributed by atoms with Crippen LogP contribution in [0.15, 0.2) is 27.7 Å². The lowest BCUT2D eigenvalue weighted by atomic mass is 10.1.